The Morgan fingerprint density at radius 2 is 2.36 bits per heavy atom. The van der Waals surface area contributed by atoms with Crippen LogP contribution in [0.25, 0.3) is 0 Å². The summed E-state index contributed by atoms with van der Waals surface area (Å²) in [5.74, 6) is 0. The summed E-state index contributed by atoms with van der Waals surface area (Å²) in [6.45, 7) is 1.61. The molecule has 0 bridgehead atoms. The van der Waals surface area contributed by atoms with E-state index in [4.69, 9.17) is 5.73 Å². The fourth-order valence-corrected chi connectivity index (χ4v) is 1.27. The molecule has 0 fully saturated rings. The summed E-state index contributed by atoms with van der Waals surface area (Å²) >= 11 is 0. The third-order valence-electron chi connectivity index (χ3n) is 1.95. The summed E-state index contributed by atoms with van der Waals surface area (Å²) in [6.07, 6.45) is 1.31. The number of aliphatic hydroxyl groups excluding tert-OH is 1. The number of aliphatic hydroxyl groups is 1. The minimum Gasteiger partial charge on any atom is -0.390 e. The Morgan fingerprint density at radius 1 is 1.57 bits per heavy atom. The lowest BCUT2D eigenvalue weighted by Gasteiger charge is -2.18. The third-order valence-corrected chi connectivity index (χ3v) is 1.95. The predicted molar refractivity (Wildman–Crippen MR) is 55.6 cm³/mol. The number of rotatable bonds is 5. The van der Waals surface area contributed by atoms with Crippen LogP contribution < -0.4 is 5.73 Å². The van der Waals surface area contributed by atoms with Gasteiger partial charge in [0.05, 0.1) is 11.8 Å². The average Bonchev–Trinajstić information content (AvgIpc) is 2.19. The van der Waals surface area contributed by atoms with Crippen molar-refractivity contribution >= 4 is 0 Å². The van der Waals surface area contributed by atoms with Crippen LogP contribution in [0.1, 0.15) is 5.69 Å². The lowest BCUT2D eigenvalue weighted by atomic mass is 10.3. The molecule has 4 nitrogen and oxygen atoms in total. The van der Waals surface area contributed by atoms with E-state index in [0.717, 1.165) is 12.2 Å². The molecule has 0 radical (unpaired) electrons. The van der Waals surface area contributed by atoms with Gasteiger partial charge in [0.25, 0.3) is 0 Å². The molecule has 0 aliphatic rings. The first-order valence-corrected chi connectivity index (χ1v) is 4.69. The highest BCUT2D eigenvalue weighted by Crippen LogP contribution is 1.99. The van der Waals surface area contributed by atoms with Gasteiger partial charge in [-0.25, -0.2) is 0 Å². The third kappa shape index (κ3) is 3.83. The van der Waals surface area contributed by atoms with Gasteiger partial charge in [0.2, 0.25) is 0 Å². The number of nitrogens with two attached hydrogens (primary N) is 1. The Morgan fingerprint density at radius 3 is 2.93 bits per heavy atom. The Balaban J connectivity index is 2.37. The molecule has 14 heavy (non-hydrogen) atoms. The standard InChI is InChI=1S/C10H17N3O/c1-13(8-10(14)6-11)7-9-4-2-3-5-12-9/h2-5,10,14H,6-8,11H2,1H3. The van der Waals surface area contributed by atoms with Crippen LogP contribution >= 0.6 is 0 Å². The SMILES string of the molecule is CN(Cc1ccccn1)CC(O)CN. The van der Waals surface area contributed by atoms with E-state index in [1.165, 1.54) is 0 Å². The summed E-state index contributed by atoms with van der Waals surface area (Å²) in [6, 6.07) is 5.80. The minimum absolute atomic E-state index is 0.298. The van der Waals surface area contributed by atoms with E-state index in [1.54, 1.807) is 6.20 Å². The van der Waals surface area contributed by atoms with Gasteiger partial charge in [-0.1, -0.05) is 6.07 Å². The second kappa shape index (κ2) is 5.70. The summed E-state index contributed by atoms with van der Waals surface area (Å²) in [7, 11) is 1.94. The van der Waals surface area contributed by atoms with Crippen LogP contribution in [0, 0.1) is 0 Å². The van der Waals surface area contributed by atoms with Gasteiger partial charge in [-0.3, -0.25) is 9.88 Å². The zero-order chi connectivity index (χ0) is 10.4. The van der Waals surface area contributed by atoms with Crippen LogP contribution in [0.3, 0.4) is 0 Å². The van der Waals surface area contributed by atoms with Gasteiger partial charge in [0, 0.05) is 25.8 Å². The van der Waals surface area contributed by atoms with E-state index in [9.17, 15) is 5.11 Å². The number of hydrogen-bond donors (Lipinski definition) is 2. The number of hydrogen-bond acceptors (Lipinski definition) is 4. The normalized spacial score (nSPS) is 13.1. The van der Waals surface area contributed by atoms with Crippen LogP contribution in [0.15, 0.2) is 24.4 Å². The molecule has 0 spiro atoms. The van der Waals surface area contributed by atoms with Gasteiger partial charge < -0.3 is 10.8 Å². The maximum absolute atomic E-state index is 9.32. The zero-order valence-electron chi connectivity index (χ0n) is 8.43. The molecule has 0 aliphatic carbocycles. The summed E-state index contributed by atoms with van der Waals surface area (Å²) in [5, 5.41) is 9.32. The molecule has 0 aliphatic heterocycles. The van der Waals surface area contributed by atoms with Crippen LogP contribution in [0.5, 0.6) is 0 Å². The van der Waals surface area contributed by atoms with Gasteiger partial charge >= 0.3 is 0 Å². The number of nitrogens with zero attached hydrogens (tertiary/aromatic N) is 2. The molecule has 1 rings (SSSR count). The van der Waals surface area contributed by atoms with Gasteiger partial charge in [-0.15, -0.1) is 0 Å². The average molecular weight is 195 g/mol. The maximum Gasteiger partial charge on any atom is 0.0789 e. The van der Waals surface area contributed by atoms with E-state index in [-0.39, 0.29) is 0 Å². The van der Waals surface area contributed by atoms with Gasteiger partial charge in [0.15, 0.2) is 0 Å². The lowest BCUT2D eigenvalue weighted by Crippen LogP contribution is -2.33. The summed E-state index contributed by atoms with van der Waals surface area (Å²) < 4.78 is 0. The molecule has 3 N–H and O–H groups in total. The molecule has 0 amide bonds. The van der Waals surface area contributed by atoms with Crippen LogP contribution in [0.4, 0.5) is 0 Å². The fraction of sp³-hybridized carbons (Fsp3) is 0.500. The Hall–Kier alpha value is -0.970. The first kappa shape index (κ1) is 11.1. The highest BCUT2D eigenvalue weighted by molar-refractivity contribution is 5.03. The monoisotopic (exact) mass is 195 g/mol. The highest BCUT2D eigenvalue weighted by Gasteiger charge is 2.06. The van der Waals surface area contributed by atoms with Gasteiger partial charge in [-0.05, 0) is 19.2 Å². The zero-order valence-corrected chi connectivity index (χ0v) is 8.43. The molecule has 0 saturated carbocycles. The molecule has 1 heterocycles. The molecule has 1 aromatic heterocycles. The molecular weight excluding hydrogens is 178 g/mol. The van der Waals surface area contributed by atoms with Crippen molar-refractivity contribution < 1.29 is 5.11 Å². The second-order valence-electron chi connectivity index (χ2n) is 3.41. The second-order valence-corrected chi connectivity index (χ2v) is 3.41. The van der Waals surface area contributed by atoms with Crippen LogP contribution in [-0.2, 0) is 6.54 Å². The Bertz CT molecular complexity index is 253. The molecule has 1 unspecified atom stereocenters. The number of aromatic nitrogens is 1. The topological polar surface area (TPSA) is 62.4 Å². The number of pyridine rings is 1. The fourth-order valence-electron chi connectivity index (χ4n) is 1.27. The quantitative estimate of drug-likeness (QED) is 0.685. The van der Waals surface area contributed by atoms with Crippen molar-refractivity contribution in [2.75, 3.05) is 20.1 Å². The molecule has 4 heteroatoms. The van der Waals surface area contributed by atoms with E-state index >= 15 is 0 Å². The van der Waals surface area contributed by atoms with Crippen LogP contribution in [-0.4, -0.2) is 41.2 Å². The largest absolute Gasteiger partial charge is 0.390 e. The maximum atomic E-state index is 9.32. The van der Waals surface area contributed by atoms with Crippen LogP contribution in [0.2, 0.25) is 0 Å². The molecule has 78 valence electrons. The van der Waals surface area contributed by atoms with Gasteiger partial charge in [-0.2, -0.15) is 0 Å². The van der Waals surface area contributed by atoms with E-state index < -0.39 is 6.10 Å². The molecular formula is C10H17N3O. The minimum atomic E-state index is -0.455. The first-order chi connectivity index (χ1) is 6.72. The van der Waals surface area contributed by atoms with Crippen molar-refractivity contribution in [2.45, 2.75) is 12.6 Å². The smallest absolute Gasteiger partial charge is 0.0789 e. The molecule has 0 saturated heterocycles. The molecule has 0 aromatic carbocycles. The van der Waals surface area contributed by atoms with Crippen molar-refractivity contribution in [3.8, 4) is 0 Å². The lowest BCUT2D eigenvalue weighted by molar-refractivity contribution is 0.129. The number of likely N-dealkylation sites (N-methyl/N-ethyl adjacent to an activating group) is 1. The van der Waals surface area contributed by atoms with Crippen molar-refractivity contribution in [3.63, 3.8) is 0 Å². The van der Waals surface area contributed by atoms with Gasteiger partial charge in [0.1, 0.15) is 0 Å². The van der Waals surface area contributed by atoms with Crippen molar-refractivity contribution in [1.82, 2.24) is 9.88 Å². The highest BCUT2D eigenvalue weighted by atomic mass is 16.3. The summed E-state index contributed by atoms with van der Waals surface area (Å²) in [5.41, 5.74) is 6.32. The Kier molecular flexibility index (Phi) is 4.52. The Labute approximate surface area is 84.4 Å². The van der Waals surface area contributed by atoms with Crippen molar-refractivity contribution in [1.29, 1.82) is 0 Å². The first-order valence-electron chi connectivity index (χ1n) is 4.69. The van der Waals surface area contributed by atoms with Crippen molar-refractivity contribution in [2.24, 2.45) is 5.73 Å². The molecule has 1 aromatic rings. The van der Waals surface area contributed by atoms with E-state index in [0.29, 0.717) is 13.1 Å². The van der Waals surface area contributed by atoms with E-state index in [1.807, 2.05) is 30.1 Å². The van der Waals surface area contributed by atoms with Crippen molar-refractivity contribution in [3.05, 3.63) is 30.1 Å². The summed E-state index contributed by atoms with van der Waals surface area (Å²) in [4.78, 5) is 6.20. The molecule has 1 atom stereocenters. The predicted octanol–water partition coefficient (Wildman–Crippen LogP) is -0.167. The van der Waals surface area contributed by atoms with E-state index in [2.05, 4.69) is 4.98 Å².